The van der Waals surface area contributed by atoms with Crippen molar-refractivity contribution >= 4 is 5.91 Å². The van der Waals surface area contributed by atoms with Crippen molar-refractivity contribution in [2.24, 2.45) is 0 Å². The third kappa shape index (κ3) is 4.13. The van der Waals surface area contributed by atoms with Crippen molar-refractivity contribution < 1.29 is 9.53 Å². The van der Waals surface area contributed by atoms with Crippen LogP contribution in [0.1, 0.15) is 37.7 Å². The van der Waals surface area contributed by atoms with E-state index in [4.69, 9.17) is 4.74 Å². The molecular formula is C20H23N5O2. The molecule has 0 radical (unpaired) electrons. The highest BCUT2D eigenvalue weighted by Gasteiger charge is 2.23. The maximum atomic E-state index is 12.7. The summed E-state index contributed by atoms with van der Waals surface area (Å²) in [6.45, 7) is 6.52. The van der Waals surface area contributed by atoms with Crippen LogP contribution in [0.15, 0.2) is 48.8 Å². The minimum absolute atomic E-state index is 0.0541. The van der Waals surface area contributed by atoms with Gasteiger partial charge in [0.25, 0.3) is 5.91 Å². The van der Waals surface area contributed by atoms with Crippen LogP contribution in [0.25, 0.3) is 16.9 Å². The van der Waals surface area contributed by atoms with Crippen LogP contribution in [-0.4, -0.2) is 38.5 Å². The van der Waals surface area contributed by atoms with E-state index in [0.717, 1.165) is 23.4 Å². The number of benzene rings is 1. The fourth-order valence-electron chi connectivity index (χ4n) is 2.63. The molecule has 1 atom stereocenters. The van der Waals surface area contributed by atoms with Gasteiger partial charge in [-0.3, -0.25) is 9.78 Å². The van der Waals surface area contributed by atoms with Crippen molar-refractivity contribution in [3.05, 3.63) is 54.5 Å². The zero-order valence-corrected chi connectivity index (χ0v) is 15.7. The molecule has 27 heavy (non-hydrogen) atoms. The van der Waals surface area contributed by atoms with Crippen LogP contribution < -0.4 is 10.1 Å². The molecule has 3 rings (SSSR count). The molecule has 2 heterocycles. The highest BCUT2D eigenvalue weighted by molar-refractivity contribution is 5.98. The molecule has 3 aromatic rings. The van der Waals surface area contributed by atoms with E-state index in [1.165, 1.54) is 0 Å². The first-order chi connectivity index (χ1) is 13.1. The Hall–Kier alpha value is -3.22. The first-order valence-electron chi connectivity index (χ1n) is 9.04. The number of hydrogen-bond donors (Lipinski definition) is 1. The summed E-state index contributed by atoms with van der Waals surface area (Å²) in [5, 5.41) is 11.4. The van der Waals surface area contributed by atoms with E-state index in [-0.39, 0.29) is 17.6 Å². The number of ether oxygens (including phenoxy) is 1. The zero-order valence-electron chi connectivity index (χ0n) is 15.7. The Labute approximate surface area is 158 Å². The highest BCUT2D eigenvalue weighted by Crippen LogP contribution is 2.26. The number of amides is 1. The van der Waals surface area contributed by atoms with E-state index in [1.807, 2.05) is 57.2 Å². The molecule has 1 N–H and O–H groups in total. The van der Waals surface area contributed by atoms with Crippen molar-refractivity contribution in [2.45, 2.75) is 33.2 Å². The summed E-state index contributed by atoms with van der Waals surface area (Å²) in [7, 11) is 0. The molecule has 7 heteroatoms. The summed E-state index contributed by atoms with van der Waals surface area (Å²) < 4.78 is 7.16. The lowest BCUT2D eigenvalue weighted by Gasteiger charge is -2.12. The Morgan fingerprint density at radius 1 is 1.15 bits per heavy atom. The maximum absolute atomic E-state index is 12.7. The molecule has 1 aromatic carbocycles. The molecule has 1 unspecified atom stereocenters. The van der Waals surface area contributed by atoms with E-state index in [9.17, 15) is 4.79 Å². The molecule has 0 aliphatic carbocycles. The molecule has 0 saturated carbocycles. The second kappa shape index (κ2) is 8.44. The van der Waals surface area contributed by atoms with Gasteiger partial charge in [-0.05, 0) is 56.7 Å². The molecule has 0 fully saturated rings. The van der Waals surface area contributed by atoms with Crippen LogP contribution in [0.3, 0.4) is 0 Å². The second-order valence-corrected chi connectivity index (χ2v) is 6.14. The number of nitrogens with one attached hydrogen (secondary N) is 1. The lowest BCUT2D eigenvalue weighted by molar-refractivity contribution is 0.0935. The van der Waals surface area contributed by atoms with Gasteiger partial charge in [0.2, 0.25) is 0 Å². The molecular weight excluding hydrogens is 342 g/mol. The largest absolute Gasteiger partial charge is 0.494 e. The van der Waals surface area contributed by atoms with Gasteiger partial charge in [0.05, 0.1) is 12.3 Å². The normalized spacial score (nSPS) is 11.8. The van der Waals surface area contributed by atoms with Gasteiger partial charge in [0.1, 0.15) is 11.4 Å². The first-order valence-corrected chi connectivity index (χ1v) is 9.04. The van der Waals surface area contributed by atoms with Crippen molar-refractivity contribution in [3.8, 4) is 22.7 Å². The van der Waals surface area contributed by atoms with Crippen molar-refractivity contribution in [3.63, 3.8) is 0 Å². The zero-order chi connectivity index (χ0) is 19.2. The van der Waals surface area contributed by atoms with Crippen LogP contribution >= 0.6 is 0 Å². The Morgan fingerprint density at radius 2 is 1.85 bits per heavy atom. The Balaban J connectivity index is 2.05. The van der Waals surface area contributed by atoms with Gasteiger partial charge in [0, 0.05) is 24.0 Å². The van der Waals surface area contributed by atoms with E-state index >= 15 is 0 Å². The first kappa shape index (κ1) is 18.6. The summed E-state index contributed by atoms with van der Waals surface area (Å²) in [4.78, 5) is 16.8. The summed E-state index contributed by atoms with van der Waals surface area (Å²) in [5.74, 6) is 0.537. The monoisotopic (exact) mass is 365 g/mol. The van der Waals surface area contributed by atoms with E-state index in [0.29, 0.717) is 12.3 Å². The molecule has 140 valence electrons. The molecule has 0 aliphatic rings. The molecule has 0 aliphatic heterocycles. The lowest BCUT2D eigenvalue weighted by Crippen LogP contribution is -2.32. The van der Waals surface area contributed by atoms with Gasteiger partial charge >= 0.3 is 0 Å². The number of carbonyl (C=O) groups is 1. The fraction of sp³-hybridized carbons (Fsp3) is 0.300. The molecule has 0 saturated heterocycles. The van der Waals surface area contributed by atoms with Gasteiger partial charge in [0.15, 0.2) is 5.69 Å². The summed E-state index contributed by atoms with van der Waals surface area (Å²) >= 11 is 0. The molecule has 0 spiro atoms. The topological polar surface area (TPSA) is 81.9 Å². The Morgan fingerprint density at radius 3 is 2.48 bits per heavy atom. The van der Waals surface area contributed by atoms with Gasteiger partial charge in [-0.1, -0.05) is 12.1 Å². The third-order valence-corrected chi connectivity index (χ3v) is 4.22. The maximum Gasteiger partial charge on any atom is 0.274 e. The van der Waals surface area contributed by atoms with Gasteiger partial charge in [-0.2, -0.15) is 0 Å². The van der Waals surface area contributed by atoms with Crippen LogP contribution in [0, 0.1) is 0 Å². The smallest absolute Gasteiger partial charge is 0.274 e. The van der Waals surface area contributed by atoms with Crippen LogP contribution in [0.2, 0.25) is 0 Å². The fourth-order valence-corrected chi connectivity index (χ4v) is 2.63. The SMILES string of the molecule is CCOc1ccc(-n2nnc(C(=O)NC(C)CC)c2-c2ccncc2)cc1. The predicted octanol–water partition coefficient (Wildman–Crippen LogP) is 3.26. The Kier molecular flexibility index (Phi) is 5.80. The minimum atomic E-state index is -0.242. The summed E-state index contributed by atoms with van der Waals surface area (Å²) in [5.41, 5.74) is 2.52. The minimum Gasteiger partial charge on any atom is -0.494 e. The summed E-state index contributed by atoms with van der Waals surface area (Å²) in [6, 6.07) is 11.2. The molecule has 7 nitrogen and oxygen atoms in total. The van der Waals surface area contributed by atoms with E-state index in [1.54, 1.807) is 17.1 Å². The van der Waals surface area contributed by atoms with Crippen LogP contribution in [-0.2, 0) is 0 Å². The average molecular weight is 365 g/mol. The number of rotatable bonds is 7. The second-order valence-electron chi connectivity index (χ2n) is 6.14. The van der Waals surface area contributed by atoms with Gasteiger partial charge in [-0.25, -0.2) is 4.68 Å². The Bertz CT molecular complexity index is 890. The van der Waals surface area contributed by atoms with Crippen molar-refractivity contribution in [1.82, 2.24) is 25.3 Å². The number of pyridine rings is 1. The highest BCUT2D eigenvalue weighted by atomic mass is 16.5. The van der Waals surface area contributed by atoms with Crippen molar-refractivity contribution in [1.29, 1.82) is 0 Å². The lowest BCUT2D eigenvalue weighted by atomic mass is 10.1. The number of carbonyl (C=O) groups excluding carboxylic acids is 1. The third-order valence-electron chi connectivity index (χ3n) is 4.22. The number of nitrogens with zero attached hydrogens (tertiary/aromatic N) is 4. The quantitative estimate of drug-likeness (QED) is 0.695. The average Bonchev–Trinajstić information content (AvgIpc) is 3.14. The molecule has 0 bridgehead atoms. The van der Waals surface area contributed by atoms with E-state index in [2.05, 4.69) is 20.6 Å². The van der Waals surface area contributed by atoms with Gasteiger partial charge in [-0.15, -0.1) is 5.10 Å². The van der Waals surface area contributed by atoms with Crippen molar-refractivity contribution in [2.75, 3.05) is 6.61 Å². The summed E-state index contributed by atoms with van der Waals surface area (Å²) in [6.07, 6.45) is 4.20. The molecule has 2 aromatic heterocycles. The van der Waals surface area contributed by atoms with Gasteiger partial charge < -0.3 is 10.1 Å². The number of hydrogen-bond acceptors (Lipinski definition) is 5. The molecule has 1 amide bonds. The van der Waals surface area contributed by atoms with Crippen LogP contribution in [0.4, 0.5) is 0 Å². The van der Waals surface area contributed by atoms with E-state index < -0.39 is 0 Å². The standard InChI is InChI=1S/C20H23N5O2/c1-4-14(3)22-20(26)18-19(15-10-12-21-13-11-15)25(24-23-18)16-6-8-17(9-7-16)27-5-2/h6-14H,4-5H2,1-3H3,(H,22,26). The number of aromatic nitrogens is 4. The predicted molar refractivity (Wildman–Crippen MR) is 103 cm³/mol. The van der Waals surface area contributed by atoms with Crippen LogP contribution in [0.5, 0.6) is 5.75 Å².